The molecule has 0 aliphatic rings. The van der Waals surface area contributed by atoms with Gasteiger partial charge in [0.05, 0.1) is 6.61 Å². The van der Waals surface area contributed by atoms with Gasteiger partial charge in [-0.25, -0.2) is 4.98 Å². The third-order valence-corrected chi connectivity index (χ3v) is 2.02. The Labute approximate surface area is 98.2 Å². The Bertz CT molecular complexity index is 318. The van der Waals surface area contributed by atoms with Crippen LogP contribution < -0.4 is 10.1 Å². The van der Waals surface area contributed by atoms with E-state index in [-0.39, 0.29) is 5.41 Å². The lowest BCUT2D eigenvalue weighted by Crippen LogP contribution is -2.20. The molecule has 0 bridgehead atoms. The molecule has 0 saturated carbocycles. The van der Waals surface area contributed by atoms with Crippen molar-refractivity contribution >= 4 is 5.82 Å². The number of hydrogen-bond donors (Lipinski definition) is 1. The van der Waals surface area contributed by atoms with Gasteiger partial charge in [-0.3, -0.25) is 0 Å². The summed E-state index contributed by atoms with van der Waals surface area (Å²) in [6.07, 6.45) is 2.79. The minimum Gasteiger partial charge on any atom is -0.490 e. The number of nitrogens with zero attached hydrogens (tertiary/aromatic N) is 1. The van der Waals surface area contributed by atoms with E-state index in [0.29, 0.717) is 0 Å². The van der Waals surface area contributed by atoms with Crippen molar-refractivity contribution < 1.29 is 4.74 Å². The smallest absolute Gasteiger partial charge is 0.168 e. The van der Waals surface area contributed by atoms with Gasteiger partial charge in [0, 0.05) is 12.7 Å². The van der Waals surface area contributed by atoms with Gasteiger partial charge in [0.2, 0.25) is 0 Å². The van der Waals surface area contributed by atoms with Crippen molar-refractivity contribution in [3.05, 3.63) is 18.3 Å². The Kier molecular flexibility index (Phi) is 4.59. The summed E-state index contributed by atoms with van der Waals surface area (Å²) in [4.78, 5) is 4.30. The quantitative estimate of drug-likeness (QED) is 0.829. The fourth-order valence-electron chi connectivity index (χ4n) is 1.20. The maximum absolute atomic E-state index is 5.63. The van der Waals surface area contributed by atoms with E-state index in [0.717, 1.165) is 31.1 Å². The highest BCUT2D eigenvalue weighted by molar-refractivity contribution is 5.49. The van der Waals surface area contributed by atoms with Gasteiger partial charge in [-0.15, -0.1) is 0 Å². The molecule has 1 aromatic heterocycles. The molecule has 0 aromatic carbocycles. The third kappa shape index (κ3) is 4.51. The van der Waals surface area contributed by atoms with Gasteiger partial charge in [0.15, 0.2) is 11.6 Å². The third-order valence-electron chi connectivity index (χ3n) is 2.02. The molecule has 1 aromatic rings. The van der Waals surface area contributed by atoms with Crippen molar-refractivity contribution in [2.75, 3.05) is 18.5 Å². The number of pyridine rings is 1. The first-order chi connectivity index (χ1) is 7.53. The molecule has 90 valence electrons. The molecular weight excluding hydrogens is 200 g/mol. The summed E-state index contributed by atoms with van der Waals surface area (Å²) in [5, 5.41) is 3.33. The van der Waals surface area contributed by atoms with Crippen LogP contribution in [0, 0.1) is 5.41 Å². The van der Waals surface area contributed by atoms with E-state index in [9.17, 15) is 0 Å². The summed E-state index contributed by atoms with van der Waals surface area (Å²) in [5.74, 6) is 1.68. The Morgan fingerprint density at radius 2 is 2.12 bits per heavy atom. The molecule has 1 rings (SSSR count). The van der Waals surface area contributed by atoms with Crippen molar-refractivity contribution in [2.24, 2.45) is 5.41 Å². The molecule has 0 unspecified atom stereocenters. The van der Waals surface area contributed by atoms with Crippen molar-refractivity contribution in [3.8, 4) is 5.75 Å². The van der Waals surface area contributed by atoms with Crippen LogP contribution in [0.25, 0.3) is 0 Å². The van der Waals surface area contributed by atoms with Crippen LogP contribution in [-0.2, 0) is 0 Å². The molecule has 0 spiro atoms. The molecule has 16 heavy (non-hydrogen) atoms. The zero-order valence-corrected chi connectivity index (χ0v) is 10.7. The first-order valence-corrected chi connectivity index (χ1v) is 5.84. The first kappa shape index (κ1) is 12.8. The number of hydrogen-bond acceptors (Lipinski definition) is 3. The van der Waals surface area contributed by atoms with Gasteiger partial charge in [0.1, 0.15) is 0 Å². The average Bonchev–Trinajstić information content (AvgIpc) is 2.23. The molecule has 0 saturated heterocycles. The van der Waals surface area contributed by atoms with Crippen molar-refractivity contribution in [2.45, 2.75) is 34.1 Å². The lowest BCUT2D eigenvalue weighted by atomic mass is 9.97. The summed E-state index contributed by atoms with van der Waals surface area (Å²) in [6, 6.07) is 3.85. The number of nitrogens with one attached hydrogen (secondary N) is 1. The average molecular weight is 222 g/mol. The standard InChI is InChI=1S/C13H22N2O/c1-5-9-16-11-7-6-8-14-12(11)15-10-13(2,3)4/h6-8H,5,9-10H2,1-4H3,(H,14,15). The van der Waals surface area contributed by atoms with E-state index in [4.69, 9.17) is 4.74 Å². The van der Waals surface area contributed by atoms with Crippen molar-refractivity contribution in [1.82, 2.24) is 4.98 Å². The zero-order chi connectivity index (χ0) is 12.0. The lowest BCUT2D eigenvalue weighted by molar-refractivity contribution is 0.317. The van der Waals surface area contributed by atoms with Crippen LogP contribution in [0.1, 0.15) is 34.1 Å². The zero-order valence-electron chi connectivity index (χ0n) is 10.7. The molecule has 0 aliphatic carbocycles. The van der Waals surface area contributed by atoms with E-state index < -0.39 is 0 Å². The molecule has 0 atom stereocenters. The summed E-state index contributed by atoms with van der Waals surface area (Å²) in [6.45, 7) is 10.3. The summed E-state index contributed by atoms with van der Waals surface area (Å²) in [5.41, 5.74) is 0.236. The van der Waals surface area contributed by atoms with Crippen molar-refractivity contribution in [1.29, 1.82) is 0 Å². The molecule has 1 N–H and O–H groups in total. The fourth-order valence-corrected chi connectivity index (χ4v) is 1.20. The van der Waals surface area contributed by atoms with E-state index in [1.54, 1.807) is 6.20 Å². The predicted molar refractivity (Wildman–Crippen MR) is 68.0 cm³/mol. The summed E-state index contributed by atoms with van der Waals surface area (Å²) in [7, 11) is 0. The second-order valence-electron chi connectivity index (χ2n) is 5.11. The minimum atomic E-state index is 0.236. The van der Waals surface area contributed by atoms with Crippen LogP contribution in [0.3, 0.4) is 0 Å². The second kappa shape index (κ2) is 5.73. The van der Waals surface area contributed by atoms with Gasteiger partial charge < -0.3 is 10.1 Å². The monoisotopic (exact) mass is 222 g/mol. The normalized spacial score (nSPS) is 11.2. The minimum absolute atomic E-state index is 0.236. The van der Waals surface area contributed by atoms with Crippen molar-refractivity contribution in [3.63, 3.8) is 0 Å². The van der Waals surface area contributed by atoms with Crippen LogP contribution >= 0.6 is 0 Å². The Balaban J connectivity index is 2.63. The summed E-state index contributed by atoms with van der Waals surface area (Å²) >= 11 is 0. The molecule has 0 radical (unpaired) electrons. The number of anilines is 1. The van der Waals surface area contributed by atoms with Crippen LogP contribution in [0.5, 0.6) is 5.75 Å². The van der Waals surface area contributed by atoms with Gasteiger partial charge >= 0.3 is 0 Å². The molecule has 1 heterocycles. The van der Waals surface area contributed by atoms with E-state index in [1.165, 1.54) is 0 Å². The number of ether oxygens (including phenoxy) is 1. The lowest BCUT2D eigenvalue weighted by Gasteiger charge is -2.20. The highest BCUT2D eigenvalue weighted by Crippen LogP contribution is 2.23. The highest BCUT2D eigenvalue weighted by Gasteiger charge is 2.11. The Morgan fingerprint density at radius 3 is 2.75 bits per heavy atom. The number of rotatable bonds is 5. The van der Waals surface area contributed by atoms with Crippen LogP contribution in [-0.4, -0.2) is 18.1 Å². The molecule has 3 heteroatoms. The Hall–Kier alpha value is -1.25. The van der Waals surface area contributed by atoms with Gasteiger partial charge in [-0.2, -0.15) is 0 Å². The van der Waals surface area contributed by atoms with Crippen LogP contribution in [0.4, 0.5) is 5.82 Å². The van der Waals surface area contributed by atoms with Crippen LogP contribution in [0.2, 0.25) is 0 Å². The van der Waals surface area contributed by atoms with Crippen LogP contribution in [0.15, 0.2) is 18.3 Å². The fraction of sp³-hybridized carbons (Fsp3) is 0.615. The second-order valence-corrected chi connectivity index (χ2v) is 5.11. The Morgan fingerprint density at radius 1 is 1.38 bits per heavy atom. The predicted octanol–water partition coefficient (Wildman–Crippen LogP) is 3.33. The molecule has 0 amide bonds. The maximum atomic E-state index is 5.63. The van der Waals surface area contributed by atoms with E-state index in [1.807, 2.05) is 12.1 Å². The van der Waals surface area contributed by atoms with Gasteiger partial charge in [-0.05, 0) is 24.0 Å². The number of aromatic nitrogens is 1. The molecule has 3 nitrogen and oxygen atoms in total. The molecular formula is C13H22N2O. The van der Waals surface area contributed by atoms with E-state index >= 15 is 0 Å². The largest absolute Gasteiger partial charge is 0.490 e. The highest BCUT2D eigenvalue weighted by atomic mass is 16.5. The molecule has 0 fully saturated rings. The van der Waals surface area contributed by atoms with Gasteiger partial charge in [-0.1, -0.05) is 27.7 Å². The summed E-state index contributed by atoms with van der Waals surface area (Å²) < 4.78 is 5.63. The SMILES string of the molecule is CCCOc1cccnc1NCC(C)(C)C. The van der Waals surface area contributed by atoms with Gasteiger partial charge in [0.25, 0.3) is 0 Å². The molecule has 0 aliphatic heterocycles. The van der Waals surface area contributed by atoms with E-state index in [2.05, 4.69) is 38.0 Å². The maximum Gasteiger partial charge on any atom is 0.168 e. The first-order valence-electron chi connectivity index (χ1n) is 5.84. The topological polar surface area (TPSA) is 34.1 Å².